The number of ether oxygens (including phenoxy) is 2. The number of aromatic nitrogens is 1. The first-order valence-electron chi connectivity index (χ1n) is 10.5. The van der Waals surface area contributed by atoms with Crippen molar-refractivity contribution in [3.05, 3.63) is 59.8 Å². The fraction of sp³-hybridized carbons (Fsp3) is 0.292. The number of pyridine rings is 1. The number of anilines is 2. The first-order valence-corrected chi connectivity index (χ1v) is 10.5. The SMILES string of the molecule is COc1ccc2cc(C(=O)Nc3ccc(NC(=O)CN4CCOCC4)cc3)c(C)nc2c1. The number of carbonyl (C=O) groups is 2. The summed E-state index contributed by atoms with van der Waals surface area (Å²) < 4.78 is 10.5. The van der Waals surface area contributed by atoms with E-state index in [1.807, 2.05) is 24.3 Å². The molecule has 0 aliphatic carbocycles. The Morgan fingerprint density at radius 2 is 1.72 bits per heavy atom. The van der Waals surface area contributed by atoms with Gasteiger partial charge in [0, 0.05) is 35.9 Å². The Morgan fingerprint density at radius 1 is 1.03 bits per heavy atom. The zero-order chi connectivity index (χ0) is 22.5. The summed E-state index contributed by atoms with van der Waals surface area (Å²) in [7, 11) is 1.61. The van der Waals surface area contributed by atoms with Crippen molar-refractivity contribution in [1.29, 1.82) is 0 Å². The number of amides is 2. The molecule has 0 atom stereocenters. The molecule has 4 rings (SSSR count). The second-order valence-corrected chi connectivity index (χ2v) is 7.65. The molecule has 1 aliphatic heterocycles. The Labute approximate surface area is 186 Å². The largest absolute Gasteiger partial charge is 0.497 e. The van der Waals surface area contributed by atoms with Gasteiger partial charge in [-0.1, -0.05) is 0 Å². The number of benzene rings is 2. The van der Waals surface area contributed by atoms with Crippen LogP contribution in [0.3, 0.4) is 0 Å². The summed E-state index contributed by atoms with van der Waals surface area (Å²) in [5.41, 5.74) is 3.23. The number of nitrogens with one attached hydrogen (secondary N) is 2. The standard InChI is InChI=1S/C24H26N4O4/c1-16-21(13-17-3-8-20(31-2)14-22(17)25-16)24(30)27-19-6-4-18(5-7-19)26-23(29)15-28-9-11-32-12-10-28/h3-8,13-14H,9-12,15H2,1-2H3,(H,26,29)(H,27,30). The maximum atomic E-state index is 12.8. The van der Waals surface area contributed by atoms with E-state index in [1.54, 1.807) is 38.3 Å². The molecule has 8 nitrogen and oxygen atoms in total. The van der Waals surface area contributed by atoms with Crippen LogP contribution in [0.15, 0.2) is 48.5 Å². The van der Waals surface area contributed by atoms with Gasteiger partial charge in [-0.3, -0.25) is 19.5 Å². The highest BCUT2D eigenvalue weighted by molar-refractivity contribution is 6.07. The van der Waals surface area contributed by atoms with Crippen molar-refractivity contribution in [2.24, 2.45) is 0 Å². The molecule has 32 heavy (non-hydrogen) atoms. The van der Waals surface area contributed by atoms with Crippen molar-refractivity contribution >= 4 is 34.1 Å². The van der Waals surface area contributed by atoms with Crippen LogP contribution < -0.4 is 15.4 Å². The molecule has 1 saturated heterocycles. The molecule has 2 amide bonds. The quantitative estimate of drug-likeness (QED) is 0.620. The predicted octanol–water partition coefficient (Wildman–Crippen LogP) is 3.07. The minimum Gasteiger partial charge on any atom is -0.497 e. The Bertz CT molecular complexity index is 1120. The third kappa shape index (κ3) is 5.22. The van der Waals surface area contributed by atoms with Crippen LogP contribution in [-0.4, -0.2) is 61.7 Å². The molecule has 2 heterocycles. The van der Waals surface area contributed by atoms with Crippen LogP contribution in [0.4, 0.5) is 11.4 Å². The van der Waals surface area contributed by atoms with Gasteiger partial charge >= 0.3 is 0 Å². The summed E-state index contributed by atoms with van der Waals surface area (Å²) in [6, 6.07) is 14.4. The molecule has 2 N–H and O–H groups in total. The summed E-state index contributed by atoms with van der Waals surface area (Å²) in [4.78, 5) is 31.7. The second kappa shape index (κ2) is 9.76. The molecule has 166 valence electrons. The molecule has 0 spiro atoms. The van der Waals surface area contributed by atoms with Gasteiger partial charge in [0.2, 0.25) is 5.91 Å². The van der Waals surface area contributed by atoms with Gasteiger partial charge in [0.05, 0.1) is 43.6 Å². The fourth-order valence-electron chi connectivity index (χ4n) is 3.60. The average molecular weight is 434 g/mol. The van der Waals surface area contributed by atoms with Crippen molar-refractivity contribution in [1.82, 2.24) is 9.88 Å². The molecule has 8 heteroatoms. The van der Waals surface area contributed by atoms with Crippen LogP contribution in [0, 0.1) is 6.92 Å². The van der Waals surface area contributed by atoms with Gasteiger partial charge < -0.3 is 20.1 Å². The molecule has 0 radical (unpaired) electrons. The molecular weight excluding hydrogens is 408 g/mol. The number of methoxy groups -OCH3 is 1. The molecule has 0 saturated carbocycles. The van der Waals surface area contributed by atoms with E-state index in [0.717, 1.165) is 29.7 Å². The molecular formula is C24H26N4O4. The normalized spacial score (nSPS) is 14.2. The highest BCUT2D eigenvalue weighted by atomic mass is 16.5. The third-order valence-electron chi connectivity index (χ3n) is 5.36. The number of rotatable bonds is 6. The molecule has 2 aromatic carbocycles. The Kier molecular flexibility index (Phi) is 6.63. The Hall–Kier alpha value is -3.49. The number of aryl methyl sites for hydroxylation is 1. The molecule has 1 fully saturated rings. The zero-order valence-corrected chi connectivity index (χ0v) is 18.2. The molecule has 0 unspecified atom stereocenters. The van der Waals surface area contributed by atoms with E-state index in [0.29, 0.717) is 42.4 Å². The minimum atomic E-state index is -0.239. The number of fused-ring (bicyclic) bond motifs is 1. The molecule has 0 bridgehead atoms. The number of hydrogen-bond donors (Lipinski definition) is 2. The number of nitrogens with zero attached hydrogens (tertiary/aromatic N) is 2. The van der Waals surface area contributed by atoms with E-state index in [9.17, 15) is 9.59 Å². The summed E-state index contributed by atoms with van der Waals surface area (Å²) in [6.45, 7) is 4.97. The van der Waals surface area contributed by atoms with Crippen molar-refractivity contribution in [3.8, 4) is 5.75 Å². The van der Waals surface area contributed by atoms with E-state index in [2.05, 4.69) is 20.5 Å². The Morgan fingerprint density at radius 3 is 2.41 bits per heavy atom. The fourth-order valence-corrected chi connectivity index (χ4v) is 3.60. The highest BCUT2D eigenvalue weighted by Crippen LogP contribution is 2.23. The topological polar surface area (TPSA) is 92.8 Å². The van der Waals surface area contributed by atoms with Crippen LogP contribution in [0.1, 0.15) is 16.1 Å². The lowest BCUT2D eigenvalue weighted by molar-refractivity contribution is -0.118. The lowest BCUT2D eigenvalue weighted by atomic mass is 10.1. The van der Waals surface area contributed by atoms with Crippen molar-refractivity contribution in [2.75, 3.05) is 50.6 Å². The van der Waals surface area contributed by atoms with Gasteiger partial charge in [0.15, 0.2) is 0 Å². The van der Waals surface area contributed by atoms with Crippen molar-refractivity contribution in [2.45, 2.75) is 6.92 Å². The first-order chi connectivity index (χ1) is 15.5. The molecule has 1 aromatic heterocycles. The van der Waals surface area contributed by atoms with Gasteiger partial charge in [-0.15, -0.1) is 0 Å². The number of morpholine rings is 1. The lowest BCUT2D eigenvalue weighted by Gasteiger charge is -2.25. The summed E-state index contributed by atoms with van der Waals surface area (Å²) in [6.07, 6.45) is 0. The van der Waals surface area contributed by atoms with E-state index in [-0.39, 0.29) is 11.8 Å². The summed E-state index contributed by atoms with van der Waals surface area (Å²) in [5.74, 6) is 0.411. The third-order valence-corrected chi connectivity index (χ3v) is 5.36. The number of hydrogen-bond acceptors (Lipinski definition) is 6. The van der Waals surface area contributed by atoms with Crippen LogP contribution in [-0.2, 0) is 9.53 Å². The van der Waals surface area contributed by atoms with Gasteiger partial charge in [0.1, 0.15) is 5.75 Å². The van der Waals surface area contributed by atoms with Crippen molar-refractivity contribution in [3.63, 3.8) is 0 Å². The molecule has 3 aromatic rings. The van der Waals surface area contributed by atoms with Crippen LogP contribution >= 0.6 is 0 Å². The second-order valence-electron chi connectivity index (χ2n) is 7.65. The minimum absolute atomic E-state index is 0.0711. The predicted molar refractivity (Wildman–Crippen MR) is 123 cm³/mol. The molecule has 1 aliphatic rings. The summed E-state index contributed by atoms with van der Waals surface area (Å²) >= 11 is 0. The average Bonchev–Trinajstić information content (AvgIpc) is 2.80. The monoisotopic (exact) mass is 434 g/mol. The van der Waals surface area contributed by atoms with E-state index in [1.165, 1.54) is 0 Å². The zero-order valence-electron chi connectivity index (χ0n) is 18.2. The first kappa shape index (κ1) is 21.7. The van der Waals surface area contributed by atoms with Gasteiger partial charge in [-0.25, -0.2) is 0 Å². The van der Waals surface area contributed by atoms with Gasteiger partial charge in [0.25, 0.3) is 5.91 Å². The van der Waals surface area contributed by atoms with Gasteiger partial charge in [-0.05, 0) is 49.4 Å². The smallest absolute Gasteiger partial charge is 0.257 e. The van der Waals surface area contributed by atoms with Crippen LogP contribution in [0.5, 0.6) is 5.75 Å². The van der Waals surface area contributed by atoms with Crippen molar-refractivity contribution < 1.29 is 19.1 Å². The van der Waals surface area contributed by atoms with Gasteiger partial charge in [-0.2, -0.15) is 0 Å². The summed E-state index contributed by atoms with van der Waals surface area (Å²) in [5, 5.41) is 6.64. The lowest BCUT2D eigenvalue weighted by Crippen LogP contribution is -2.41. The highest BCUT2D eigenvalue weighted by Gasteiger charge is 2.15. The van der Waals surface area contributed by atoms with Crippen LogP contribution in [0.25, 0.3) is 10.9 Å². The van der Waals surface area contributed by atoms with E-state index < -0.39 is 0 Å². The van der Waals surface area contributed by atoms with E-state index in [4.69, 9.17) is 9.47 Å². The maximum absolute atomic E-state index is 12.8. The Balaban J connectivity index is 1.39. The number of carbonyl (C=O) groups excluding carboxylic acids is 2. The van der Waals surface area contributed by atoms with E-state index >= 15 is 0 Å². The van der Waals surface area contributed by atoms with Crippen LogP contribution in [0.2, 0.25) is 0 Å². The maximum Gasteiger partial charge on any atom is 0.257 e.